The van der Waals surface area contributed by atoms with Crippen molar-refractivity contribution in [2.24, 2.45) is 0 Å². The number of rotatable bonds is 6. The van der Waals surface area contributed by atoms with Crippen LogP contribution in [0.3, 0.4) is 0 Å². The van der Waals surface area contributed by atoms with Gasteiger partial charge in [-0.25, -0.2) is 0 Å². The normalized spacial score (nSPS) is 12.9. The molecule has 0 saturated carbocycles. The van der Waals surface area contributed by atoms with E-state index in [2.05, 4.69) is 10.6 Å². The molecule has 0 heterocycles. The summed E-state index contributed by atoms with van der Waals surface area (Å²) in [6, 6.07) is 14.4. The van der Waals surface area contributed by atoms with Crippen LogP contribution in [0.1, 0.15) is 73.9 Å². The van der Waals surface area contributed by atoms with E-state index in [1.54, 1.807) is 24.3 Å². The molecule has 30 heavy (non-hydrogen) atoms. The van der Waals surface area contributed by atoms with E-state index in [9.17, 15) is 14.7 Å². The fourth-order valence-corrected chi connectivity index (χ4v) is 3.86. The van der Waals surface area contributed by atoms with E-state index in [0.29, 0.717) is 22.4 Å². The van der Waals surface area contributed by atoms with Crippen molar-refractivity contribution in [3.05, 3.63) is 65.2 Å². The Morgan fingerprint density at radius 2 is 1.30 bits per heavy atom. The first-order chi connectivity index (χ1) is 13.9. The second-order valence-electron chi connectivity index (χ2n) is 9.32. The summed E-state index contributed by atoms with van der Waals surface area (Å²) >= 11 is 1.40. The van der Waals surface area contributed by atoms with Gasteiger partial charge in [0.2, 0.25) is 0 Å². The standard InChI is InChI=1S/C24H32N2O3S/c1-23(2,3)25-21(28)17-12-8-7-11-16(17)19(27)15-30-20-14-10-9-13-18(20)22(29)26-24(4,5)6/h7-14,19,27H,15H2,1-6H3,(H,25,28)(H,26,29). The number of benzene rings is 2. The highest BCUT2D eigenvalue weighted by molar-refractivity contribution is 7.99. The molecule has 2 aromatic rings. The largest absolute Gasteiger partial charge is 0.388 e. The van der Waals surface area contributed by atoms with Gasteiger partial charge in [-0.1, -0.05) is 30.3 Å². The number of aliphatic hydroxyl groups excluding tert-OH is 1. The van der Waals surface area contributed by atoms with Gasteiger partial charge >= 0.3 is 0 Å². The molecule has 0 aliphatic rings. The molecule has 1 unspecified atom stereocenters. The first-order valence-corrected chi connectivity index (χ1v) is 11.0. The molecular formula is C24H32N2O3S. The van der Waals surface area contributed by atoms with E-state index in [-0.39, 0.29) is 22.9 Å². The SMILES string of the molecule is CC(C)(C)NC(=O)c1ccccc1SCC(O)c1ccccc1C(=O)NC(C)(C)C. The van der Waals surface area contributed by atoms with Crippen LogP contribution in [0, 0.1) is 0 Å². The van der Waals surface area contributed by atoms with Gasteiger partial charge in [-0.2, -0.15) is 0 Å². The Labute approximate surface area is 183 Å². The number of carbonyl (C=O) groups is 2. The Morgan fingerprint density at radius 1 is 0.833 bits per heavy atom. The third-order valence-corrected chi connectivity index (χ3v) is 5.22. The van der Waals surface area contributed by atoms with Gasteiger partial charge in [0.1, 0.15) is 0 Å². The molecule has 0 saturated heterocycles. The average molecular weight is 429 g/mol. The zero-order valence-corrected chi connectivity index (χ0v) is 19.4. The van der Waals surface area contributed by atoms with Crippen LogP contribution in [0.25, 0.3) is 0 Å². The minimum Gasteiger partial charge on any atom is -0.388 e. The fourth-order valence-electron chi connectivity index (χ4n) is 2.85. The van der Waals surface area contributed by atoms with Gasteiger partial charge in [-0.3, -0.25) is 9.59 Å². The monoisotopic (exact) mass is 428 g/mol. The molecule has 3 N–H and O–H groups in total. The second-order valence-corrected chi connectivity index (χ2v) is 10.4. The van der Waals surface area contributed by atoms with Crippen molar-refractivity contribution < 1.29 is 14.7 Å². The number of hydrogen-bond acceptors (Lipinski definition) is 4. The molecule has 0 radical (unpaired) electrons. The molecule has 2 amide bonds. The Kier molecular flexibility index (Phi) is 7.72. The minimum absolute atomic E-state index is 0.148. The molecule has 1 atom stereocenters. The third-order valence-electron chi connectivity index (χ3n) is 4.07. The zero-order chi connectivity index (χ0) is 22.5. The van der Waals surface area contributed by atoms with Crippen molar-refractivity contribution in [2.45, 2.75) is 63.6 Å². The van der Waals surface area contributed by atoms with Gasteiger partial charge in [0.15, 0.2) is 0 Å². The lowest BCUT2D eigenvalue weighted by Crippen LogP contribution is -2.41. The number of carbonyl (C=O) groups excluding carboxylic acids is 2. The molecule has 0 aromatic heterocycles. The van der Waals surface area contributed by atoms with Crippen molar-refractivity contribution >= 4 is 23.6 Å². The number of thioether (sulfide) groups is 1. The van der Waals surface area contributed by atoms with Crippen LogP contribution in [0.2, 0.25) is 0 Å². The highest BCUT2D eigenvalue weighted by Gasteiger charge is 2.22. The van der Waals surface area contributed by atoms with Crippen LogP contribution in [-0.4, -0.2) is 33.8 Å². The van der Waals surface area contributed by atoms with Crippen LogP contribution in [0.15, 0.2) is 53.4 Å². The second kappa shape index (κ2) is 9.67. The van der Waals surface area contributed by atoms with Crippen LogP contribution in [-0.2, 0) is 0 Å². The molecule has 5 nitrogen and oxygen atoms in total. The van der Waals surface area contributed by atoms with Crippen molar-refractivity contribution in [3.63, 3.8) is 0 Å². The lowest BCUT2D eigenvalue weighted by Gasteiger charge is -2.23. The molecule has 2 rings (SSSR count). The summed E-state index contributed by atoms with van der Waals surface area (Å²) in [5.41, 5.74) is 0.891. The maximum atomic E-state index is 12.7. The van der Waals surface area contributed by atoms with Gasteiger partial charge in [0.25, 0.3) is 11.8 Å². The minimum atomic E-state index is -0.851. The molecule has 0 bridgehead atoms. The Bertz CT molecular complexity index is 898. The molecular weight excluding hydrogens is 396 g/mol. The first-order valence-electron chi connectivity index (χ1n) is 10.0. The molecule has 0 fully saturated rings. The van der Waals surface area contributed by atoms with E-state index in [1.807, 2.05) is 65.8 Å². The number of hydrogen-bond donors (Lipinski definition) is 3. The molecule has 6 heteroatoms. The summed E-state index contributed by atoms with van der Waals surface area (Å²) in [5, 5.41) is 16.7. The van der Waals surface area contributed by atoms with Crippen molar-refractivity contribution in [1.29, 1.82) is 0 Å². The highest BCUT2D eigenvalue weighted by Crippen LogP contribution is 2.29. The average Bonchev–Trinajstić information content (AvgIpc) is 2.63. The number of amides is 2. The summed E-state index contributed by atoms with van der Waals surface area (Å²) < 4.78 is 0. The van der Waals surface area contributed by atoms with E-state index in [4.69, 9.17) is 0 Å². The van der Waals surface area contributed by atoms with E-state index in [1.165, 1.54) is 11.8 Å². The maximum absolute atomic E-state index is 12.7. The summed E-state index contributed by atoms with van der Waals surface area (Å²) in [6.45, 7) is 11.6. The number of aliphatic hydroxyl groups is 1. The number of nitrogens with one attached hydrogen (secondary N) is 2. The Hall–Kier alpha value is -2.31. The molecule has 162 valence electrons. The van der Waals surface area contributed by atoms with Crippen molar-refractivity contribution in [1.82, 2.24) is 10.6 Å². The molecule has 0 spiro atoms. The van der Waals surface area contributed by atoms with Gasteiger partial charge in [-0.15, -0.1) is 11.8 Å². The van der Waals surface area contributed by atoms with Crippen LogP contribution in [0.4, 0.5) is 0 Å². The highest BCUT2D eigenvalue weighted by atomic mass is 32.2. The van der Waals surface area contributed by atoms with Crippen molar-refractivity contribution in [2.75, 3.05) is 5.75 Å². The zero-order valence-electron chi connectivity index (χ0n) is 18.6. The summed E-state index contributed by atoms with van der Waals surface area (Å²) in [7, 11) is 0. The van der Waals surface area contributed by atoms with E-state index >= 15 is 0 Å². The smallest absolute Gasteiger partial charge is 0.252 e. The molecule has 2 aromatic carbocycles. The Balaban J connectivity index is 2.17. The first kappa shape index (κ1) is 24.0. The van der Waals surface area contributed by atoms with Crippen LogP contribution < -0.4 is 10.6 Å². The Morgan fingerprint density at radius 3 is 1.87 bits per heavy atom. The molecule has 0 aliphatic heterocycles. The molecule has 0 aliphatic carbocycles. The quantitative estimate of drug-likeness (QED) is 0.589. The fraction of sp³-hybridized carbons (Fsp3) is 0.417. The van der Waals surface area contributed by atoms with Gasteiger partial charge in [-0.05, 0) is 65.3 Å². The summed E-state index contributed by atoms with van der Waals surface area (Å²) in [6.07, 6.45) is -0.851. The predicted molar refractivity (Wildman–Crippen MR) is 123 cm³/mol. The van der Waals surface area contributed by atoms with Crippen molar-refractivity contribution in [3.8, 4) is 0 Å². The lowest BCUT2D eigenvalue weighted by molar-refractivity contribution is 0.0906. The lowest BCUT2D eigenvalue weighted by atomic mass is 10.0. The predicted octanol–water partition coefficient (Wildman–Crippen LogP) is 4.57. The third kappa shape index (κ3) is 7.18. The summed E-state index contributed by atoms with van der Waals surface area (Å²) in [4.78, 5) is 26.1. The van der Waals surface area contributed by atoms with E-state index in [0.717, 1.165) is 4.90 Å². The van der Waals surface area contributed by atoms with Crippen LogP contribution in [0.5, 0.6) is 0 Å². The van der Waals surface area contributed by atoms with Gasteiger partial charge in [0.05, 0.1) is 11.7 Å². The maximum Gasteiger partial charge on any atom is 0.252 e. The van der Waals surface area contributed by atoms with Gasteiger partial charge in [0, 0.05) is 27.3 Å². The van der Waals surface area contributed by atoms with Gasteiger partial charge < -0.3 is 15.7 Å². The summed E-state index contributed by atoms with van der Waals surface area (Å²) in [5.74, 6) is -0.0447. The topological polar surface area (TPSA) is 78.4 Å². The van der Waals surface area contributed by atoms with E-state index < -0.39 is 6.10 Å². The van der Waals surface area contributed by atoms with Crippen LogP contribution >= 0.6 is 11.8 Å².